The van der Waals surface area contributed by atoms with Gasteiger partial charge < -0.3 is 5.32 Å². The molecule has 1 aliphatic rings. The first-order chi connectivity index (χ1) is 5.79. The van der Waals surface area contributed by atoms with Gasteiger partial charge in [-0.2, -0.15) is 0 Å². The van der Waals surface area contributed by atoms with Crippen molar-refractivity contribution in [2.75, 3.05) is 6.54 Å². The number of nitrogens with one attached hydrogen (secondary N) is 1. The van der Waals surface area contributed by atoms with E-state index in [0.717, 1.165) is 6.54 Å². The Morgan fingerprint density at radius 3 is 2.92 bits per heavy atom. The van der Waals surface area contributed by atoms with Gasteiger partial charge in [0.2, 0.25) is 0 Å². The summed E-state index contributed by atoms with van der Waals surface area (Å²) in [4.78, 5) is 0. The van der Waals surface area contributed by atoms with Gasteiger partial charge in [0.25, 0.3) is 0 Å². The molecule has 0 bridgehead atoms. The van der Waals surface area contributed by atoms with Crippen LogP contribution in [0.25, 0.3) is 0 Å². The molecule has 0 saturated carbocycles. The summed E-state index contributed by atoms with van der Waals surface area (Å²) in [5.74, 6) is 0. The summed E-state index contributed by atoms with van der Waals surface area (Å²) in [6.45, 7) is 7.71. The van der Waals surface area contributed by atoms with Crippen LogP contribution >= 0.6 is 0 Å². The zero-order valence-electron chi connectivity index (χ0n) is 8.35. The molecule has 0 aromatic carbocycles. The Balaban J connectivity index is 2.86. The molecule has 1 heterocycles. The Labute approximate surface area is 75.6 Å². The van der Waals surface area contributed by atoms with Crippen molar-refractivity contribution < 1.29 is 0 Å². The van der Waals surface area contributed by atoms with E-state index in [1.807, 2.05) is 0 Å². The lowest BCUT2D eigenvalue weighted by atomic mass is 9.93. The molecule has 1 aliphatic heterocycles. The Bertz CT molecular complexity index is 201. The van der Waals surface area contributed by atoms with Crippen LogP contribution in [0.2, 0.25) is 0 Å². The van der Waals surface area contributed by atoms with E-state index in [1.165, 1.54) is 12.8 Å². The van der Waals surface area contributed by atoms with E-state index in [-0.39, 0.29) is 0 Å². The highest BCUT2D eigenvalue weighted by molar-refractivity contribution is 5.30. The summed E-state index contributed by atoms with van der Waals surface area (Å²) in [7, 11) is 0. The van der Waals surface area contributed by atoms with Crippen LogP contribution in [0.1, 0.15) is 33.6 Å². The van der Waals surface area contributed by atoms with Crippen molar-refractivity contribution in [2.24, 2.45) is 0 Å². The van der Waals surface area contributed by atoms with Crippen molar-refractivity contribution in [3.63, 3.8) is 0 Å². The molecule has 0 aliphatic carbocycles. The van der Waals surface area contributed by atoms with Crippen LogP contribution in [0.5, 0.6) is 0 Å². The van der Waals surface area contributed by atoms with Gasteiger partial charge in [-0.15, -0.1) is 0 Å². The summed E-state index contributed by atoms with van der Waals surface area (Å²) < 4.78 is 0. The number of hydrogen-bond donors (Lipinski definition) is 1. The van der Waals surface area contributed by atoms with Gasteiger partial charge in [-0.05, 0) is 38.8 Å². The molecule has 1 atom stereocenters. The first-order valence-corrected chi connectivity index (χ1v) is 4.87. The van der Waals surface area contributed by atoms with Gasteiger partial charge in [-0.3, -0.25) is 0 Å². The smallest absolute Gasteiger partial charge is 0.0256 e. The monoisotopic (exact) mass is 165 g/mol. The minimum atomic E-state index is 0.579. The highest BCUT2D eigenvalue weighted by atomic mass is 14.9. The summed E-state index contributed by atoms with van der Waals surface area (Å²) in [6, 6.07) is 0.579. The lowest BCUT2D eigenvalue weighted by Gasteiger charge is -2.25. The third-order valence-corrected chi connectivity index (χ3v) is 2.53. The molecular weight excluding hydrogens is 146 g/mol. The van der Waals surface area contributed by atoms with Crippen LogP contribution in [0.3, 0.4) is 0 Å². The van der Waals surface area contributed by atoms with E-state index in [1.54, 1.807) is 11.1 Å². The lowest BCUT2D eigenvalue weighted by Crippen LogP contribution is -2.33. The fourth-order valence-corrected chi connectivity index (χ4v) is 1.91. The summed E-state index contributed by atoms with van der Waals surface area (Å²) >= 11 is 0. The van der Waals surface area contributed by atoms with Crippen molar-refractivity contribution in [2.45, 2.75) is 39.7 Å². The molecule has 0 fully saturated rings. The maximum Gasteiger partial charge on any atom is 0.0256 e. The SMILES string of the molecule is C/C=C\C1=C(CC)C(C)NCC1. The molecule has 0 radical (unpaired) electrons. The van der Waals surface area contributed by atoms with E-state index >= 15 is 0 Å². The molecule has 0 saturated heterocycles. The third-order valence-electron chi connectivity index (χ3n) is 2.53. The molecule has 0 aromatic heterocycles. The fraction of sp³-hybridized carbons (Fsp3) is 0.636. The molecule has 68 valence electrons. The van der Waals surface area contributed by atoms with Crippen LogP contribution in [-0.4, -0.2) is 12.6 Å². The van der Waals surface area contributed by atoms with Crippen LogP contribution in [0.4, 0.5) is 0 Å². The zero-order valence-corrected chi connectivity index (χ0v) is 8.35. The predicted octanol–water partition coefficient (Wildman–Crippen LogP) is 2.65. The maximum atomic E-state index is 3.48. The minimum absolute atomic E-state index is 0.579. The molecule has 1 heteroatoms. The van der Waals surface area contributed by atoms with Crippen molar-refractivity contribution in [1.82, 2.24) is 5.32 Å². The first-order valence-electron chi connectivity index (χ1n) is 4.87. The quantitative estimate of drug-likeness (QED) is 0.663. The lowest BCUT2D eigenvalue weighted by molar-refractivity contribution is 0.559. The Morgan fingerprint density at radius 1 is 1.58 bits per heavy atom. The summed E-state index contributed by atoms with van der Waals surface area (Å²) in [5, 5.41) is 3.48. The van der Waals surface area contributed by atoms with Crippen molar-refractivity contribution in [3.05, 3.63) is 23.3 Å². The second kappa shape index (κ2) is 4.46. The number of allylic oxidation sites excluding steroid dienone is 2. The highest BCUT2D eigenvalue weighted by Gasteiger charge is 2.14. The number of hydrogen-bond acceptors (Lipinski definition) is 1. The standard InChI is InChI=1S/C11H19N/c1-4-6-10-7-8-12-9(3)11(10)5-2/h4,6,9,12H,5,7-8H2,1-3H3/b6-4-. The van der Waals surface area contributed by atoms with Crippen LogP contribution in [0, 0.1) is 0 Å². The average Bonchev–Trinajstić information content (AvgIpc) is 2.05. The van der Waals surface area contributed by atoms with Crippen LogP contribution < -0.4 is 5.32 Å². The Kier molecular flexibility index (Phi) is 3.54. The van der Waals surface area contributed by atoms with Gasteiger partial charge in [-0.25, -0.2) is 0 Å². The van der Waals surface area contributed by atoms with E-state index < -0.39 is 0 Å². The van der Waals surface area contributed by atoms with Gasteiger partial charge in [0.1, 0.15) is 0 Å². The van der Waals surface area contributed by atoms with Gasteiger partial charge in [0, 0.05) is 6.04 Å². The maximum absolute atomic E-state index is 3.48. The van der Waals surface area contributed by atoms with E-state index in [0.29, 0.717) is 6.04 Å². The Hall–Kier alpha value is -0.560. The van der Waals surface area contributed by atoms with E-state index in [9.17, 15) is 0 Å². The topological polar surface area (TPSA) is 12.0 Å². The van der Waals surface area contributed by atoms with E-state index in [2.05, 4.69) is 38.2 Å². The predicted molar refractivity (Wildman–Crippen MR) is 54.2 cm³/mol. The van der Waals surface area contributed by atoms with E-state index in [4.69, 9.17) is 0 Å². The highest BCUT2D eigenvalue weighted by Crippen LogP contribution is 2.21. The molecule has 1 N–H and O–H groups in total. The van der Waals surface area contributed by atoms with Crippen molar-refractivity contribution in [3.8, 4) is 0 Å². The normalized spacial score (nSPS) is 25.4. The average molecular weight is 165 g/mol. The van der Waals surface area contributed by atoms with Gasteiger partial charge >= 0.3 is 0 Å². The Morgan fingerprint density at radius 2 is 2.33 bits per heavy atom. The first kappa shape index (κ1) is 9.53. The summed E-state index contributed by atoms with van der Waals surface area (Å²) in [6.07, 6.45) is 6.77. The minimum Gasteiger partial charge on any atom is -0.310 e. The molecule has 0 amide bonds. The van der Waals surface area contributed by atoms with Gasteiger partial charge in [0.05, 0.1) is 0 Å². The van der Waals surface area contributed by atoms with Crippen molar-refractivity contribution in [1.29, 1.82) is 0 Å². The van der Waals surface area contributed by atoms with Gasteiger partial charge in [0.15, 0.2) is 0 Å². The molecule has 1 rings (SSSR count). The second-order valence-electron chi connectivity index (χ2n) is 3.33. The van der Waals surface area contributed by atoms with Crippen LogP contribution in [0.15, 0.2) is 23.3 Å². The molecule has 0 spiro atoms. The molecule has 12 heavy (non-hydrogen) atoms. The fourth-order valence-electron chi connectivity index (χ4n) is 1.91. The number of rotatable bonds is 2. The van der Waals surface area contributed by atoms with Crippen LogP contribution in [-0.2, 0) is 0 Å². The van der Waals surface area contributed by atoms with Crippen molar-refractivity contribution >= 4 is 0 Å². The largest absolute Gasteiger partial charge is 0.310 e. The third kappa shape index (κ3) is 1.98. The molecule has 1 unspecified atom stereocenters. The molecular formula is C11H19N. The molecule has 1 nitrogen and oxygen atoms in total. The second-order valence-corrected chi connectivity index (χ2v) is 3.33. The zero-order chi connectivity index (χ0) is 8.97. The molecule has 0 aromatic rings. The van der Waals surface area contributed by atoms with Gasteiger partial charge in [-0.1, -0.05) is 24.6 Å². The summed E-state index contributed by atoms with van der Waals surface area (Å²) in [5.41, 5.74) is 3.13.